The summed E-state index contributed by atoms with van der Waals surface area (Å²) in [5.74, 6) is 0.976. The number of rotatable bonds is 3. The van der Waals surface area contributed by atoms with Crippen molar-refractivity contribution in [2.24, 2.45) is 5.92 Å². The number of carbonyl (C=O) groups is 1. The zero-order valence-electron chi connectivity index (χ0n) is 8.41. The lowest BCUT2D eigenvalue weighted by Gasteiger charge is -2.18. The first-order valence-corrected chi connectivity index (χ1v) is 5.73. The molecule has 0 saturated heterocycles. The van der Waals surface area contributed by atoms with Gasteiger partial charge in [0.05, 0.1) is 11.8 Å². The van der Waals surface area contributed by atoms with E-state index in [4.69, 9.17) is 16.0 Å². The van der Waals surface area contributed by atoms with Gasteiger partial charge in [0.25, 0.3) is 5.91 Å². The number of amides is 1. The number of furan rings is 1. The maximum atomic E-state index is 11.7. The van der Waals surface area contributed by atoms with Crippen molar-refractivity contribution >= 4 is 17.5 Å². The Kier molecular flexibility index (Phi) is 3.31. The van der Waals surface area contributed by atoms with Crippen LogP contribution >= 0.6 is 11.6 Å². The molecule has 1 aliphatic rings. The Hall–Kier alpha value is -0.960. The van der Waals surface area contributed by atoms with Crippen molar-refractivity contribution in [3.63, 3.8) is 0 Å². The molecule has 0 bridgehead atoms. The second kappa shape index (κ2) is 4.71. The topological polar surface area (TPSA) is 42.2 Å². The predicted octanol–water partition coefficient (Wildman–Crippen LogP) is 2.42. The van der Waals surface area contributed by atoms with Crippen LogP contribution in [0.2, 0.25) is 0 Å². The minimum absolute atomic E-state index is 0.0641. The number of halogens is 1. The summed E-state index contributed by atoms with van der Waals surface area (Å²) >= 11 is 5.84. The van der Waals surface area contributed by atoms with Crippen molar-refractivity contribution in [2.45, 2.75) is 25.3 Å². The third-order valence-electron chi connectivity index (χ3n) is 2.96. The molecule has 0 aliphatic heterocycles. The fourth-order valence-electron chi connectivity index (χ4n) is 2.06. The van der Waals surface area contributed by atoms with E-state index in [0.717, 1.165) is 19.3 Å². The quantitative estimate of drug-likeness (QED) is 0.806. The SMILES string of the molecule is O=C(NC1CCCC1CCl)c1ccoc1. The highest BCUT2D eigenvalue weighted by Crippen LogP contribution is 2.26. The normalized spacial score (nSPS) is 25.4. The fourth-order valence-corrected chi connectivity index (χ4v) is 2.43. The Morgan fingerprint density at radius 2 is 2.47 bits per heavy atom. The number of hydrogen-bond acceptors (Lipinski definition) is 2. The molecule has 0 aromatic carbocycles. The average molecular weight is 228 g/mol. The molecule has 2 rings (SSSR count). The van der Waals surface area contributed by atoms with Crippen LogP contribution in [0, 0.1) is 5.92 Å². The van der Waals surface area contributed by atoms with Crippen LogP contribution in [0.4, 0.5) is 0 Å². The maximum Gasteiger partial charge on any atom is 0.254 e. The van der Waals surface area contributed by atoms with Gasteiger partial charge in [-0.05, 0) is 24.8 Å². The zero-order valence-corrected chi connectivity index (χ0v) is 9.17. The molecule has 1 aromatic rings. The highest BCUT2D eigenvalue weighted by molar-refractivity contribution is 6.18. The van der Waals surface area contributed by atoms with E-state index in [2.05, 4.69) is 5.32 Å². The van der Waals surface area contributed by atoms with Gasteiger partial charge in [0.2, 0.25) is 0 Å². The molecule has 82 valence electrons. The molecule has 1 heterocycles. The Labute approximate surface area is 93.8 Å². The predicted molar refractivity (Wildman–Crippen MR) is 58.0 cm³/mol. The van der Waals surface area contributed by atoms with E-state index in [9.17, 15) is 4.79 Å². The summed E-state index contributed by atoms with van der Waals surface area (Å²) in [7, 11) is 0. The zero-order chi connectivity index (χ0) is 10.7. The van der Waals surface area contributed by atoms with Crippen LogP contribution in [0.3, 0.4) is 0 Å². The van der Waals surface area contributed by atoms with Crippen LogP contribution in [0.15, 0.2) is 23.0 Å². The number of alkyl halides is 1. The molecule has 4 heteroatoms. The number of hydrogen-bond donors (Lipinski definition) is 1. The first-order valence-electron chi connectivity index (χ1n) is 5.20. The van der Waals surface area contributed by atoms with Gasteiger partial charge in [-0.2, -0.15) is 0 Å². The molecule has 2 atom stereocenters. The summed E-state index contributed by atoms with van der Waals surface area (Å²) in [6.07, 6.45) is 6.25. The number of nitrogens with one attached hydrogen (secondary N) is 1. The van der Waals surface area contributed by atoms with Gasteiger partial charge in [-0.1, -0.05) is 6.42 Å². The summed E-state index contributed by atoms with van der Waals surface area (Å²) in [5, 5.41) is 3.00. The minimum Gasteiger partial charge on any atom is -0.472 e. The van der Waals surface area contributed by atoms with Crippen LogP contribution in [0.1, 0.15) is 29.6 Å². The third-order valence-corrected chi connectivity index (χ3v) is 3.35. The molecule has 2 unspecified atom stereocenters. The molecule has 1 aromatic heterocycles. The van der Waals surface area contributed by atoms with Gasteiger partial charge in [0.15, 0.2) is 0 Å². The van der Waals surface area contributed by atoms with Gasteiger partial charge in [-0.3, -0.25) is 4.79 Å². The molecule has 1 fully saturated rings. The molecule has 1 saturated carbocycles. The summed E-state index contributed by atoms with van der Waals surface area (Å²) in [6, 6.07) is 1.89. The molecule has 0 spiro atoms. The first kappa shape index (κ1) is 10.6. The maximum absolute atomic E-state index is 11.7. The largest absolute Gasteiger partial charge is 0.472 e. The third kappa shape index (κ3) is 2.34. The summed E-state index contributed by atoms with van der Waals surface area (Å²) in [5.41, 5.74) is 0.579. The van der Waals surface area contributed by atoms with Crippen molar-refractivity contribution in [2.75, 3.05) is 5.88 Å². The Balaban J connectivity index is 1.94. The highest BCUT2D eigenvalue weighted by Gasteiger charge is 2.28. The molecular weight excluding hydrogens is 214 g/mol. The van der Waals surface area contributed by atoms with E-state index in [1.165, 1.54) is 12.5 Å². The average Bonchev–Trinajstić information content (AvgIpc) is 2.87. The van der Waals surface area contributed by atoms with Gasteiger partial charge in [0, 0.05) is 11.9 Å². The standard InChI is InChI=1S/C11H14ClNO2/c12-6-8-2-1-3-10(8)13-11(14)9-4-5-15-7-9/h4-5,7-8,10H,1-3,6H2,(H,13,14). The Morgan fingerprint density at radius 1 is 1.60 bits per heavy atom. The van der Waals surface area contributed by atoms with E-state index in [-0.39, 0.29) is 11.9 Å². The second-order valence-electron chi connectivity index (χ2n) is 3.94. The van der Waals surface area contributed by atoms with Crippen LogP contribution in [0.5, 0.6) is 0 Å². The van der Waals surface area contributed by atoms with E-state index in [1.807, 2.05) is 0 Å². The van der Waals surface area contributed by atoms with Crippen molar-refractivity contribution in [3.8, 4) is 0 Å². The molecule has 0 radical (unpaired) electrons. The minimum atomic E-state index is -0.0641. The smallest absolute Gasteiger partial charge is 0.254 e. The molecule has 1 aliphatic carbocycles. The Morgan fingerprint density at radius 3 is 3.13 bits per heavy atom. The van der Waals surface area contributed by atoms with Gasteiger partial charge < -0.3 is 9.73 Å². The van der Waals surface area contributed by atoms with Crippen molar-refractivity contribution in [1.82, 2.24) is 5.32 Å². The highest BCUT2D eigenvalue weighted by atomic mass is 35.5. The van der Waals surface area contributed by atoms with Crippen LogP contribution in [0.25, 0.3) is 0 Å². The van der Waals surface area contributed by atoms with Gasteiger partial charge in [0.1, 0.15) is 6.26 Å². The first-order chi connectivity index (χ1) is 7.31. The number of carbonyl (C=O) groups excluding carboxylic acids is 1. The van der Waals surface area contributed by atoms with E-state index < -0.39 is 0 Å². The van der Waals surface area contributed by atoms with Gasteiger partial charge in [-0.15, -0.1) is 11.6 Å². The summed E-state index contributed by atoms with van der Waals surface area (Å²) < 4.78 is 4.87. The lowest BCUT2D eigenvalue weighted by Crippen LogP contribution is -2.37. The molecule has 3 nitrogen and oxygen atoms in total. The monoisotopic (exact) mass is 227 g/mol. The van der Waals surface area contributed by atoms with Crippen LogP contribution in [-0.2, 0) is 0 Å². The van der Waals surface area contributed by atoms with Crippen LogP contribution < -0.4 is 5.32 Å². The van der Waals surface area contributed by atoms with Gasteiger partial charge >= 0.3 is 0 Å². The fraction of sp³-hybridized carbons (Fsp3) is 0.545. The van der Waals surface area contributed by atoms with E-state index in [0.29, 0.717) is 17.4 Å². The molecule has 15 heavy (non-hydrogen) atoms. The lowest BCUT2D eigenvalue weighted by molar-refractivity contribution is 0.0929. The van der Waals surface area contributed by atoms with Crippen LogP contribution in [-0.4, -0.2) is 17.8 Å². The Bertz CT molecular complexity index is 323. The summed E-state index contributed by atoms with van der Waals surface area (Å²) in [6.45, 7) is 0. The van der Waals surface area contributed by atoms with Crippen molar-refractivity contribution in [1.29, 1.82) is 0 Å². The van der Waals surface area contributed by atoms with Crippen molar-refractivity contribution < 1.29 is 9.21 Å². The van der Waals surface area contributed by atoms with Gasteiger partial charge in [-0.25, -0.2) is 0 Å². The summed E-state index contributed by atoms with van der Waals surface area (Å²) in [4.78, 5) is 11.7. The molecule has 1 N–H and O–H groups in total. The van der Waals surface area contributed by atoms with Crippen molar-refractivity contribution in [3.05, 3.63) is 24.2 Å². The van der Waals surface area contributed by atoms with E-state index >= 15 is 0 Å². The molecule has 1 amide bonds. The molecular formula is C11H14ClNO2. The lowest BCUT2D eigenvalue weighted by atomic mass is 10.1. The second-order valence-corrected chi connectivity index (χ2v) is 4.25. The van der Waals surface area contributed by atoms with E-state index in [1.54, 1.807) is 6.07 Å².